The van der Waals surface area contributed by atoms with Crippen LogP contribution in [0.15, 0.2) is 24.8 Å². The molecule has 0 atom stereocenters. The van der Waals surface area contributed by atoms with E-state index >= 15 is 0 Å². The molecule has 1 fully saturated rings. The van der Waals surface area contributed by atoms with Crippen LogP contribution >= 0.6 is 0 Å². The van der Waals surface area contributed by atoms with Crippen LogP contribution in [0, 0.1) is 0 Å². The topological polar surface area (TPSA) is 38.3 Å². The Morgan fingerprint density at radius 3 is 2.78 bits per heavy atom. The molecular formula is C15H17NO2. The van der Waals surface area contributed by atoms with Crippen LogP contribution in [0.5, 0.6) is 0 Å². The van der Waals surface area contributed by atoms with Crippen LogP contribution in [0.3, 0.4) is 0 Å². The summed E-state index contributed by atoms with van der Waals surface area (Å²) in [5, 5.41) is 3.31. The molecule has 0 saturated carbocycles. The lowest BCUT2D eigenvalue weighted by Crippen LogP contribution is -2.39. The Morgan fingerprint density at radius 1 is 1.39 bits per heavy atom. The molecule has 1 aromatic rings. The lowest BCUT2D eigenvalue weighted by atomic mass is 9.82. The van der Waals surface area contributed by atoms with Crippen LogP contribution in [-0.4, -0.2) is 19.1 Å². The zero-order valence-electron chi connectivity index (χ0n) is 10.6. The summed E-state index contributed by atoms with van der Waals surface area (Å²) in [6.07, 6.45) is 1.71. The number of esters is 1. The number of carbonyl (C=O) groups is 1. The quantitative estimate of drug-likeness (QED) is 0.770. The number of hydrogen-bond donors (Lipinski definition) is 1. The summed E-state index contributed by atoms with van der Waals surface area (Å²) >= 11 is 0. The number of piperidine rings is 1. The third kappa shape index (κ3) is 1.51. The van der Waals surface area contributed by atoms with E-state index in [0.29, 0.717) is 0 Å². The first kappa shape index (κ1) is 11.5. The second-order valence-electron chi connectivity index (χ2n) is 5.14. The van der Waals surface area contributed by atoms with Crippen LogP contribution in [0.1, 0.15) is 41.3 Å². The number of fused-ring (bicyclic) bond motifs is 2. The Hall–Kier alpha value is -1.61. The van der Waals surface area contributed by atoms with Crippen LogP contribution in [0.2, 0.25) is 0 Å². The van der Waals surface area contributed by atoms with Crippen LogP contribution in [0.25, 0.3) is 5.57 Å². The molecule has 0 bridgehead atoms. The molecule has 0 unspecified atom stereocenters. The highest BCUT2D eigenvalue weighted by Crippen LogP contribution is 2.44. The third-order valence-electron chi connectivity index (χ3n) is 3.92. The van der Waals surface area contributed by atoms with E-state index in [9.17, 15) is 4.79 Å². The van der Waals surface area contributed by atoms with Gasteiger partial charge in [0.2, 0.25) is 0 Å². The minimum Gasteiger partial charge on any atom is -0.450 e. The van der Waals surface area contributed by atoms with Crippen molar-refractivity contribution in [3.63, 3.8) is 0 Å². The van der Waals surface area contributed by atoms with Gasteiger partial charge < -0.3 is 10.1 Å². The smallest absolute Gasteiger partial charge is 0.340 e. The summed E-state index contributed by atoms with van der Waals surface area (Å²) in [6, 6.07) is 5.97. The molecule has 94 valence electrons. The van der Waals surface area contributed by atoms with Gasteiger partial charge in [-0.05, 0) is 25.6 Å². The maximum Gasteiger partial charge on any atom is 0.340 e. The summed E-state index contributed by atoms with van der Waals surface area (Å²) in [6.45, 7) is 7.66. The van der Waals surface area contributed by atoms with Gasteiger partial charge in [-0.1, -0.05) is 30.4 Å². The molecule has 0 aliphatic carbocycles. The van der Waals surface area contributed by atoms with Gasteiger partial charge in [-0.3, -0.25) is 0 Å². The molecule has 2 aliphatic heterocycles. The number of rotatable bonds is 1. The second-order valence-corrected chi connectivity index (χ2v) is 5.14. The average molecular weight is 243 g/mol. The molecule has 0 radical (unpaired) electrons. The number of allylic oxidation sites excluding steroid dienone is 1. The number of carbonyl (C=O) groups excluding carboxylic acids is 1. The molecule has 2 aliphatic rings. The largest absolute Gasteiger partial charge is 0.450 e. The minimum atomic E-state index is -0.400. The summed E-state index contributed by atoms with van der Waals surface area (Å²) in [7, 11) is 0. The van der Waals surface area contributed by atoms with Crippen molar-refractivity contribution in [3.05, 3.63) is 41.5 Å². The van der Waals surface area contributed by atoms with E-state index < -0.39 is 5.60 Å². The van der Waals surface area contributed by atoms with Crippen molar-refractivity contribution in [1.29, 1.82) is 0 Å². The van der Waals surface area contributed by atoms with Gasteiger partial charge in [0.05, 0.1) is 5.56 Å². The minimum absolute atomic E-state index is 0.189. The molecule has 1 spiro atoms. The number of ether oxygens (including phenoxy) is 1. The van der Waals surface area contributed by atoms with Crippen molar-refractivity contribution in [3.8, 4) is 0 Å². The second kappa shape index (κ2) is 3.95. The summed E-state index contributed by atoms with van der Waals surface area (Å²) in [4.78, 5) is 12.2. The molecule has 1 N–H and O–H groups in total. The first-order valence-electron chi connectivity index (χ1n) is 6.37. The predicted octanol–water partition coefficient (Wildman–Crippen LogP) is 2.47. The highest BCUT2D eigenvalue weighted by Gasteiger charge is 2.46. The van der Waals surface area contributed by atoms with E-state index in [4.69, 9.17) is 4.74 Å². The van der Waals surface area contributed by atoms with Crippen LogP contribution < -0.4 is 5.32 Å². The fraction of sp³-hybridized carbons (Fsp3) is 0.400. The maximum atomic E-state index is 12.2. The van der Waals surface area contributed by atoms with Crippen molar-refractivity contribution >= 4 is 11.5 Å². The molecular weight excluding hydrogens is 226 g/mol. The van der Waals surface area contributed by atoms with Gasteiger partial charge >= 0.3 is 5.97 Å². The summed E-state index contributed by atoms with van der Waals surface area (Å²) < 4.78 is 5.73. The molecule has 3 rings (SSSR count). The van der Waals surface area contributed by atoms with Crippen molar-refractivity contribution in [2.24, 2.45) is 0 Å². The van der Waals surface area contributed by atoms with Crippen molar-refractivity contribution in [1.82, 2.24) is 5.32 Å². The maximum absolute atomic E-state index is 12.2. The summed E-state index contributed by atoms with van der Waals surface area (Å²) in [5.41, 5.74) is 3.22. The van der Waals surface area contributed by atoms with Crippen molar-refractivity contribution < 1.29 is 9.53 Å². The van der Waals surface area contributed by atoms with Crippen LogP contribution in [-0.2, 0) is 10.3 Å². The zero-order chi connectivity index (χ0) is 12.8. The first-order valence-corrected chi connectivity index (χ1v) is 6.37. The van der Waals surface area contributed by atoms with Gasteiger partial charge in [0.15, 0.2) is 0 Å². The molecule has 3 heteroatoms. The van der Waals surface area contributed by atoms with E-state index in [-0.39, 0.29) is 5.97 Å². The molecule has 0 aromatic heterocycles. The van der Waals surface area contributed by atoms with Gasteiger partial charge in [0.25, 0.3) is 0 Å². The number of nitrogens with one attached hydrogen (secondary N) is 1. The van der Waals surface area contributed by atoms with Gasteiger partial charge in [-0.15, -0.1) is 0 Å². The van der Waals surface area contributed by atoms with Gasteiger partial charge in [0, 0.05) is 18.4 Å². The molecule has 1 aromatic carbocycles. The molecule has 1 saturated heterocycles. The lowest BCUT2D eigenvalue weighted by molar-refractivity contribution is -0.0241. The number of hydrogen-bond acceptors (Lipinski definition) is 3. The normalized spacial score (nSPS) is 20.6. The standard InChI is InChI=1S/C15H17NO2/c1-10(2)11-4-3-5-12-13(11)14(17)18-15(12)6-8-16-9-7-15/h3-5,16H,1,6-9H2,2H3. The molecule has 0 amide bonds. The fourth-order valence-corrected chi connectivity index (χ4v) is 2.99. The Balaban J connectivity index is 2.17. The highest BCUT2D eigenvalue weighted by molar-refractivity contribution is 5.99. The molecule has 3 nitrogen and oxygen atoms in total. The Labute approximate surface area is 107 Å². The molecule has 2 heterocycles. The fourth-order valence-electron chi connectivity index (χ4n) is 2.99. The Bertz CT molecular complexity index is 527. The first-order chi connectivity index (χ1) is 8.64. The Kier molecular flexibility index (Phi) is 2.52. The van der Waals surface area contributed by atoms with Crippen LogP contribution in [0.4, 0.5) is 0 Å². The monoisotopic (exact) mass is 243 g/mol. The summed E-state index contributed by atoms with van der Waals surface area (Å²) in [5.74, 6) is -0.189. The SMILES string of the molecule is C=C(C)c1cccc2c1C(=O)OC21CCNCC1. The van der Waals surface area contributed by atoms with E-state index in [0.717, 1.165) is 48.2 Å². The van der Waals surface area contributed by atoms with Crippen molar-refractivity contribution in [2.75, 3.05) is 13.1 Å². The van der Waals surface area contributed by atoms with Crippen molar-refractivity contribution in [2.45, 2.75) is 25.4 Å². The third-order valence-corrected chi connectivity index (χ3v) is 3.92. The highest BCUT2D eigenvalue weighted by atomic mass is 16.6. The van der Waals surface area contributed by atoms with E-state index in [2.05, 4.69) is 11.9 Å². The van der Waals surface area contributed by atoms with Gasteiger partial charge in [-0.25, -0.2) is 4.79 Å². The molecule has 18 heavy (non-hydrogen) atoms. The van der Waals surface area contributed by atoms with Gasteiger partial charge in [0.1, 0.15) is 5.60 Å². The van der Waals surface area contributed by atoms with Gasteiger partial charge in [-0.2, -0.15) is 0 Å². The van der Waals surface area contributed by atoms with E-state index in [1.807, 2.05) is 25.1 Å². The Morgan fingerprint density at radius 2 is 2.11 bits per heavy atom. The predicted molar refractivity (Wildman–Crippen MR) is 70.3 cm³/mol. The zero-order valence-corrected chi connectivity index (χ0v) is 10.6. The van der Waals surface area contributed by atoms with E-state index in [1.54, 1.807) is 0 Å². The average Bonchev–Trinajstić information content (AvgIpc) is 2.64. The number of benzene rings is 1. The lowest BCUT2D eigenvalue weighted by Gasteiger charge is -2.33. The van der Waals surface area contributed by atoms with E-state index in [1.165, 1.54) is 0 Å².